The maximum atomic E-state index is 13.3. The van der Waals surface area contributed by atoms with Gasteiger partial charge in [-0.05, 0) is 43.4 Å². The minimum Gasteiger partial charge on any atom is -0.354 e. The van der Waals surface area contributed by atoms with Gasteiger partial charge in [-0.2, -0.15) is 0 Å². The molecule has 2 atom stereocenters. The number of rotatable bonds is 6. The summed E-state index contributed by atoms with van der Waals surface area (Å²) in [6, 6.07) is 18.5. The first-order valence-electron chi connectivity index (χ1n) is 11.2. The van der Waals surface area contributed by atoms with E-state index in [1.165, 1.54) is 17.5 Å². The predicted octanol–water partition coefficient (Wildman–Crippen LogP) is 4.58. The van der Waals surface area contributed by atoms with Crippen LogP contribution in [0, 0.1) is 6.92 Å². The average molecular weight is 435 g/mol. The number of hydrogen-bond donors (Lipinski definition) is 1. The van der Waals surface area contributed by atoms with Gasteiger partial charge in [0, 0.05) is 17.8 Å². The molecule has 2 fully saturated rings. The summed E-state index contributed by atoms with van der Waals surface area (Å²) in [5.41, 5.74) is 3.46. The summed E-state index contributed by atoms with van der Waals surface area (Å²) in [5.74, 6) is -0.0820. The van der Waals surface area contributed by atoms with Crippen molar-refractivity contribution in [3.05, 3.63) is 76.2 Å². The molecule has 0 radical (unpaired) electrons. The van der Waals surface area contributed by atoms with Gasteiger partial charge in [0.1, 0.15) is 6.54 Å². The molecule has 1 aliphatic carbocycles. The van der Waals surface area contributed by atoms with Crippen molar-refractivity contribution in [3.8, 4) is 0 Å². The second-order valence-electron chi connectivity index (χ2n) is 8.45. The number of carbonyl (C=O) groups excluding carboxylic acids is 2. The Morgan fingerprint density at radius 1 is 1.10 bits per heavy atom. The van der Waals surface area contributed by atoms with Crippen molar-refractivity contribution in [1.29, 1.82) is 0 Å². The number of hydrogen-bond acceptors (Lipinski definition) is 3. The Bertz CT molecular complexity index is 940. The fraction of sp³-hybridized carbons (Fsp3) is 0.385. The molecule has 31 heavy (non-hydrogen) atoms. The number of thioether (sulfide) groups is 1. The number of carbonyl (C=O) groups is 2. The highest BCUT2D eigenvalue weighted by Crippen LogP contribution is 2.42. The summed E-state index contributed by atoms with van der Waals surface area (Å²) >= 11 is 1.70. The van der Waals surface area contributed by atoms with Crippen LogP contribution in [0.2, 0.25) is 0 Å². The first-order chi connectivity index (χ1) is 15.1. The SMILES string of the molecule is Cc1ccc(CCNC(=O)CN2C(=O)/C(=C/c3ccccc3)SC3CCCCC32)cc1. The molecular weight excluding hydrogens is 404 g/mol. The normalized spacial score (nSPS) is 22.3. The lowest BCUT2D eigenvalue weighted by Gasteiger charge is -2.43. The van der Waals surface area contributed by atoms with Crippen molar-refractivity contribution in [3.63, 3.8) is 0 Å². The minimum absolute atomic E-state index is 0.00862. The largest absolute Gasteiger partial charge is 0.354 e. The van der Waals surface area contributed by atoms with Crippen molar-refractivity contribution in [2.24, 2.45) is 0 Å². The molecule has 4 rings (SSSR count). The Hall–Kier alpha value is -2.53. The summed E-state index contributed by atoms with van der Waals surface area (Å²) < 4.78 is 0. The molecule has 162 valence electrons. The molecule has 2 unspecified atom stereocenters. The average Bonchev–Trinajstić information content (AvgIpc) is 2.79. The first-order valence-corrected chi connectivity index (χ1v) is 12.0. The Kier molecular flexibility index (Phi) is 7.13. The van der Waals surface area contributed by atoms with Crippen LogP contribution in [0.3, 0.4) is 0 Å². The number of amides is 2. The van der Waals surface area contributed by atoms with Crippen LogP contribution < -0.4 is 5.32 Å². The maximum Gasteiger partial charge on any atom is 0.261 e. The van der Waals surface area contributed by atoms with Gasteiger partial charge in [-0.1, -0.05) is 73.0 Å². The molecule has 1 saturated carbocycles. The van der Waals surface area contributed by atoms with Crippen LogP contribution >= 0.6 is 11.8 Å². The summed E-state index contributed by atoms with van der Waals surface area (Å²) in [4.78, 5) is 28.6. The third-order valence-corrected chi connectivity index (χ3v) is 7.48. The van der Waals surface area contributed by atoms with Crippen LogP contribution in [-0.4, -0.2) is 41.1 Å². The number of fused-ring (bicyclic) bond motifs is 1. The van der Waals surface area contributed by atoms with E-state index in [0.29, 0.717) is 11.8 Å². The molecule has 5 heteroatoms. The molecule has 4 nitrogen and oxygen atoms in total. The standard InChI is InChI=1S/C26H30N2O2S/c1-19-11-13-20(14-12-19)15-16-27-25(29)18-28-22-9-5-6-10-23(22)31-24(26(28)30)17-21-7-3-2-4-8-21/h2-4,7-8,11-14,17,22-23H,5-6,9-10,15-16,18H2,1H3,(H,27,29)/b24-17-. The smallest absolute Gasteiger partial charge is 0.261 e. The van der Waals surface area contributed by atoms with E-state index in [4.69, 9.17) is 0 Å². The van der Waals surface area contributed by atoms with Crippen molar-refractivity contribution >= 4 is 29.7 Å². The summed E-state index contributed by atoms with van der Waals surface area (Å²) in [6.07, 6.45) is 7.16. The fourth-order valence-corrected chi connectivity index (χ4v) is 5.85. The van der Waals surface area contributed by atoms with Gasteiger partial charge in [0.05, 0.1) is 4.91 Å². The van der Waals surface area contributed by atoms with E-state index in [-0.39, 0.29) is 24.4 Å². The van der Waals surface area contributed by atoms with Gasteiger partial charge in [0.25, 0.3) is 5.91 Å². The van der Waals surface area contributed by atoms with Gasteiger partial charge in [0.2, 0.25) is 5.91 Å². The van der Waals surface area contributed by atoms with Crippen LogP contribution in [0.15, 0.2) is 59.5 Å². The monoisotopic (exact) mass is 434 g/mol. The van der Waals surface area contributed by atoms with E-state index in [1.54, 1.807) is 11.8 Å². The van der Waals surface area contributed by atoms with Crippen molar-refractivity contribution in [2.75, 3.05) is 13.1 Å². The Labute approximate surface area is 189 Å². The molecule has 2 aromatic rings. The maximum absolute atomic E-state index is 13.3. The second-order valence-corrected chi connectivity index (χ2v) is 9.73. The topological polar surface area (TPSA) is 49.4 Å². The minimum atomic E-state index is -0.0734. The molecule has 2 aromatic carbocycles. The zero-order valence-electron chi connectivity index (χ0n) is 18.0. The number of nitrogens with zero attached hydrogens (tertiary/aromatic N) is 1. The fourth-order valence-electron chi connectivity index (χ4n) is 4.37. The van der Waals surface area contributed by atoms with E-state index < -0.39 is 0 Å². The van der Waals surface area contributed by atoms with Crippen LogP contribution in [0.1, 0.15) is 42.4 Å². The highest BCUT2D eigenvalue weighted by molar-refractivity contribution is 8.04. The molecule has 0 spiro atoms. The molecule has 0 aromatic heterocycles. The van der Waals surface area contributed by atoms with Crippen LogP contribution in [0.5, 0.6) is 0 Å². The lowest BCUT2D eigenvalue weighted by Crippen LogP contribution is -2.54. The summed E-state index contributed by atoms with van der Waals surface area (Å²) in [7, 11) is 0. The zero-order chi connectivity index (χ0) is 21.6. The van der Waals surface area contributed by atoms with E-state index in [1.807, 2.05) is 41.3 Å². The van der Waals surface area contributed by atoms with Crippen molar-refractivity contribution in [2.45, 2.75) is 50.3 Å². The predicted molar refractivity (Wildman–Crippen MR) is 128 cm³/mol. The van der Waals surface area contributed by atoms with E-state index in [9.17, 15) is 9.59 Å². The Balaban J connectivity index is 1.41. The van der Waals surface area contributed by atoms with E-state index in [2.05, 4.69) is 36.5 Å². The van der Waals surface area contributed by atoms with Gasteiger partial charge in [-0.15, -0.1) is 11.8 Å². The molecule has 1 aliphatic heterocycles. The third-order valence-electron chi connectivity index (χ3n) is 6.09. The molecule has 1 heterocycles. The molecule has 1 N–H and O–H groups in total. The summed E-state index contributed by atoms with van der Waals surface area (Å²) in [6.45, 7) is 2.79. The number of nitrogens with one attached hydrogen (secondary N) is 1. The van der Waals surface area contributed by atoms with Crippen LogP contribution in [-0.2, 0) is 16.0 Å². The van der Waals surface area contributed by atoms with Crippen molar-refractivity contribution < 1.29 is 9.59 Å². The molecule has 0 bridgehead atoms. The molecule has 2 aliphatic rings. The lowest BCUT2D eigenvalue weighted by molar-refractivity contribution is -0.135. The summed E-state index contributed by atoms with van der Waals surface area (Å²) in [5, 5.41) is 3.39. The number of benzene rings is 2. The molecular formula is C26H30N2O2S. The van der Waals surface area contributed by atoms with E-state index in [0.717, 1.165) is 36.2 Å². The van der Waals surface area contributed by atoms with Gasteiger partial charge in [0.15, 0.2) is 0 Å². The van der Waals surface area contributed by atoms with Gasteiger partial charge >= 0.3 is 0 Å². The zero-order valence-corrected chi connectivity index (χ0v) is 18.9. The van der Waals surface area contributed by atoms with Crippen LogP contribution in [0.25, 0.3) is 6.08 Å². The van der Waals surface area contributed by atoms with Gasteiger partial charge < -0.3 is 10.2 Å². The second kappa shape index (κ2) is 10.2. The molecule has 2 amide bonds. The van der Waals surface area contributed by atoms with E-state index >= 15 is 0 Å². The quantitative estimate of drug-likeness (QED) is 0.677. The highest BCUT2D eigenvalue weighted by Gasteiger charge is 2.41. The van der Waals surface area contributed by atoms with Crippen LogP contribution in [0.4, 0.5) is 0 Å². The van der Waals surface area contributed by atoms with Gasteiger partial charge in [-0.25, -0.2) is 0 Å². The number of aryl methyl sites for hydroxylation is 1. The Morgan fingerprint density at radius 3 is 2.61 bits per heavy atom. The Morgan fingerprint density at radius 2 is 1.84 bits per heavy atom. The lowest BCUT2D eigenvalue weighted by atomic mass is 9.93. The molecule has 1 saturated heterocycles. The third kappa shape index (κ3) is 5.59. The van der Waals surface area contributed by atoms with Gasteiger partial charge in [-0.3, -0.25) is 9.59 Å². The highest BCUT2D eigenvalue weighted by atomic mass is 32.2. The van der Waals surface area contributed by atoms with Crippen molar-refractivity contribution in [1.82, 2.24) is 10.2 Å². The first kappa shape index (κ1) is 21.7.